The summed E-state index contributed by atoms with van der Waals surface area (Å²) in [5, 5.41) is 17.9. The van der Waals surface area contributed by atoms with Gasteiger partial charge in [0.2, 0.25) is 0 Å². The number of ether oxygens (including phenoxy) is 1. The third kappa shape index (κ3) is 5.35. The lowest BCUT2D eigenvalue weighted by atomic mass is 9.87. The number of nitrogens with zero attached hydrogens (tertiary/aromatic N) is 6. The normalized spacial score (nSPS) is 18.3. The molecule has 4 rings (SSSR count). The Morgan fingerprint density at radius 1 is 1.24 bits per heavy atom. The van der Waals surface area contributed by atoms with Gasteiger partial charge in [-0.1, -0.05) is 18.6 Å². The highest BCUT2D eigenvalue weighted by atomic mass is 16.5. The van der Waals surface area contributed by atoms with Crippen LogP contribution in [-0.2, 0) is 24.7 Å². The Bertz CT molecular complexity index is 1130. The third-order valence-electron chi connectivity index (χ3n) is 6.09. The molecule has 9 heteroatoms. The van der Waals surface area contributed by atoms with Crippen LogP contribution >= 0.6 is 0 Å². The highest BCUT2D eigenvalue weighted by molar-refractivity contribution is 5.70. The van der Waals surface area contributed by atoms with Crippen LogP contribution in [0.25, 0.3) is 11.4 Å². The van der Waals surface area contributed by atoms with Crippen LogP contribution in [-0.4, -0.2) is 47.1 Å². The van der Waals surface area contributed by atoms with E-state index in [4.69, 9.17) is 9.72 Å². The van der Waals surface area contributed by atoms with Gasteiger partial charge in [-0.2, -0.15) is 0 Å². The summed E-state index contributed by atoms with van der Waals surface area (Å²) in [5.41, 5.74) is 4.06. The zero-order valence-corrected chi connectivity index (χ0v) is 19.4. The van der Waals surface area contributed by atoms with E-state index in [1.165, 1.54) is 0 Å². The second-order valence-corrected chi connectivity index (χ2v) is 8.62. The van der Waals surface area contributed by atoms with E-state index in [1.807, 2.05) is 32.2 Å². The van der Waals surface area contributed by atoms with Gasteiger partial charge in [0.15, 0.2) is 0 Å². The summed E-state index contributed by atoms with van der Waals surface area (Å²) in [6, 6.07) is 5.71. The summed E-state index contributed by atoms with van der Waals surface area (Å²) in [6.45, 7) is 4.02. The molecular weight excluding hydrogens is 420 g/mol. The molecule has 0 saturated heterocycles. The number of hydrogen-bond donors (Lipinski definition) is 1. The minimum atomic E-state index is -0.743. The molecule has 1 fully saturated rings. The number of carboxylic acids is 1. The van der Waals surface area contributed by atoms with Crippen molar-refractivity contribution >= 4 is 5.97 Å². The molecule has 1 aliphatic rings. The fraction of sp³-hybridized carbons (Fsp3) is 0.500. The van der Waals surface area contributed by atoms with Gasteiger partial charge in [0.05, 0.1) is 35.5 Å². The molecule has 0 unspecified atom stereocenters. The van der Waals surface area contributed by atoms with Gasteiger partial charge >= 0.3 is 5.97 Å². The number of aliphatic carboxylic acids is 1. The Balaban J connectivity index is 1.53. The summed E-state index contributed by atoms with van der Waals surface area (Å²) in [7, 11) is 1.86. The molecule has 1 saturated carbocycles. The Labute approximate surface area is 193 Å². The summed E-state index contributed by atoms with van der Waals surface area (Å²) in [4.78, 5) is 25.2. The molecule has 2 atom stereocenters. The van der Waals surface area contributed by atoms with Gasteiger partial charge in [-0.3, -0.25) is 9.48 Å². The van der Waals surface area contributed by atoms with Gasteiger partial charge in [0, 0.05) is 18.9 Å². The number of carbonyl (C=O) groups is 1. The molecular formula is C24H30N6O3. The molecule has 1 N–H and O–H groups in total. The van der Waals surface area contributed by atoms with Crippen molar-refractivity contribution in [2.24, 2.45) is 13.0 Å². The van der Waals surface area contributed by atoms with Crippen LogP contribution in [0.5, 0.6) is 5.75 Å². The second-order valence-electron chi connectivity index (χ2n) is 8.62. The molecule has 0 bridgehead atoms. The van der Waals surface area contributed by atoms with Crippen molar-refractivity contribution in [1.82, 2.24) is 29.9 Å². The predicted octanol–water partition coefficient (Wildman–Crippen LogP) is 3.54. The summed E-state index contributed by atoms with van der Waals surface area (Å²) >= 11 is 0. The van der Waals surface area contributed by atoms with Crippen LogP contribution in [0, 0.1) is 12.8 Å². The minimum absolute atomic E-state index is 0.106. The van der Waals surface area contributed by atoms with Gasteiger partial charge < -0.3 is 9.84 Å². The lowest BCUT2D eigenvalue weighted by molar-refractivity contribution is -0.143. The first-order chi connectivity index (χ1) is 15.9. The van der Waals surface area contributed by atoms with Gasteiger partial charge in [0.1, 0.15) is 17.3 Å². The molecule has 9 nitrogen and oxygen atoms in total. The topological polar surface area (TPSA) is 116 Å². The van der Waals surface area contributed by atoms with Crippen molar-refractivity contribution < 1.29 is 14.6 Å². The van der Waals surface area contributed by atoms with E-state index in [0.29, 0.717) is 36.4 Å². The third-order valence-corrected chi connectivity index (χ3v) is 6.09. The van der Waals surface area contributed by atoms with Crippen LogP contribution in [0.1, 0.15) is 61.9 Å². The lowest BCUT2D eigenvalue weighted by Gasteiger charge is -2.27. The summed E-state index contributed by atoms with van der Waals surface area (Å²) in [5.74, 6) is 0.328. The molecule has 3 aromatic rings. The molecule has 0 radical (unpaired) electrons. The number of hydrogen-bond acceptors (Lipinski definition) is 7. The molecule has 0 amide bonds. The van der Waals surface area contributed by atoms with E-state index < -0.39 is 5.97 Å². The largest absolute Gasteiger partial charge is 0.489 e. The second kappa shape index (κ2) is 10.1. The number of pyridine rings is 1. The molecule has 174 valence electrons. The van der Waals surface area contributed by atoms with Crippen molar-refractivity contribution in [2.45, 2.75) is 64.9 Å². The van der Waals surface area contributed by atoms with Crippen LogP contribution in [0.3, 0.4) is 0 Å². The van der Waals surface area contributed by atoms with Gasteiger partial charge in [-0.15, -0.1) is 5.10 Å². The average molecular weight is 451 g/mol. The lowest BCUT2D eigenvalue weighted by Crippen LogP contribution is -2.29. The highest BCUT2D eigenvalue weighted by Gasteiger charge is 2.28. The van der Waals surface area contributed by atoms with Crippen molar-refractivity contribution in [3.8, 4) is 17.1 Å². The molecule has 3 heterocycles. The highest BCUT2D eigenvalue weighted by Crippen LogP contribution is 2.30. The predicted molar refractivity (Wildman–Crippen MR) is 122 cm³/mol. The number of carboxylic acid groups (broad SMARTS) is 1. The molecule has 0 spiro atoms. The monoisotopic (exact) mass is 450 g/mol. The van der Waals surface area contributed by atoms with E-state index in [1.54, 1.807) is 10.9 Å². The fourth-order valence-corrected chi connectivity index (χ4v) is 4.31. The van der Waals surface area contributed by atoms with E-state index >= 15 is 0 Å². The number of aromatic nitrogens is 6. The SMILES string of the molecule is CCCc1ccnc(Cc2c(-c3ccc(O[C@H]4CCC[C@H](C(=O)O)C4)c(C)n3)nnn2C)n1. The van der Waals surface area contributed by atoms with Crippen LogP contribution in [0.4, 0.5) is 0 Å². The maximum Gasteiger partial charge on any atom is 0.306 e. The van der Waals surface area contributed by atoms with Crippen molar-refractivity contribution in [2.75, 3.05) is 0 Å². The smallest absolute Gasteiger partial charge is 0.306 e. The molecule has 3 aromatic heterocycles. The minimum Gasteiger partial charge on any atom is -0.489 e. The van der Waals surface area contributed by atoms with Crippen molar-refractivity contribution in [3.63, 3.8) is 0 Å². The first-order valence-corrected chi connectivity index (χ1v) is 11.5. The Morgan fingerprint density at radius 2 is 2.09 bits per heavy atom. The Morgan fingerprint density at radius 3 is 2.85 bits per heavy atom. The standard InChI is InChI=1S/C24H30N6O3/c1-4-6-17-11-12-25-22(27-17)14-20-23(28-29-30(20)3)19-9-10-21(15(2)26-19)33-18-8-5-7-16(13-18)24(31)32/h9-12,16,18H,4-8,13-14H2,1-3H3,(H,31,32)/t16-,18-/m0/s1. The van der Waals surface area contributed by atoms with E-state index in [9.17, 15) is 9.90 Å². The summed E-state index contributed by atoms with van der Waals surface area (Å²) < 4.78 is 7.87. The van der Waals surface area contributed by atoms with E-state index in [0.717, 1.165) is 48.6 Å². The van der Waals surface area contributed by atoms with Gasteiger partial charge in [-0.05, 0) is 57.2 Å². The van der Waals surface area contributed by atoms with E-state index in [-0.39, 0.29) is 12.0 Å². The molecule has 33 heavy (non-hydrogen) atoms. The van der Waals surface area contributed by atoms with Crippen LogP contribution in [0.15, 0.2) is 24.4 Å². The van der Waals surface area contributed by atoms with Crippen molar-refractivity contribution in [3.05, 3.63) is 47.3 Å². The molecule has 1 aliphatic carbocycles. The van der Waals surface area contributed by atoms with E-state index in [2.05, 4.69) is 27.2 Å². The Kier molecular flexibility index (Phi) is 6.96. The first-order valence-electron chi connectivity index (χ1n) is 11.5. The zero-order chi connectivity index (χ0) is 23.4. The fourth-order valence-electron chi connectivity index (χ4n) is 4.31. The maximum absolute atomic E-state index is 11.3. The van der Waals surface area contributed by atoms with Crippen molar-refractivity contribution in [1.29, 1.82) is 0 Å². The quantitative estimate of drug-likeness (QED) is 0.554. The molecule has 0 aliphatic heterocycles. The number of rotatable bonds is 8. The zero-order valence-electron chi connectivity index (χ0n) is 19.4. The summed E-state index contributed by atoms with van der Waals surface area (Å²) in [6.07, 6.45) is 7.11. The van der Waals surface area contributed by atoms with Crippen LogP contribution in [0.2, 0.25) is 0 Å². The van der Waals surface area contributed by atoms with Gasteiger partial charge in [0.25, 0.3) is 0 Å². The number of aryl methyl sites for hydroxylation is 3. The maximum atomic E-state index is 11.3. The Hall–Kier alpha value is -3.36. The average Bonchev–Trinajstić information content (AvgIpc) is 3.16. The molecule has 0 aromatic carbocycles. The van der Waals surface area contributed by atoms with Crippen LogP contribution < -0.4 is 4.74 Å². The first kappa shape index (κ1) is 22.8. The van der Waals surface area contributed by atoms with Gasteiger partial charge in [-0.25, -0.2) is 15.0 Å².